The Morgan fingerprint density at radius 1 is 0.952 bits per heavy atom. The lowest BCUT2D eigenvalue weighted by Gasteiger charge is -2.39. The summed E-state index contributed by atoms with van der Waals surface area (Å²) in [7, 11) is 1.77. The van der Waals surface area contributed by atoms with Crippen molar-refractivity contribution in [1.29, 1.82) is 0 Å². The number of aromatic amines is 1. The molecule has 0 spiro atoms. The van der Waals surface area contributed by atoms with Crippen LogP contribution in [-0.4, -0.2) is 58.8 Å². The molecule has 1 saturated heterocycles. The standard InChI is InChI=1S/C34H32Cl2N4O2/c1-39(21-23-11-13-28(35)29(36)17-23)34(42)32(18-22-10-12-24-6-2-3-7-25(24)16-22)40-15-14-37-31(33(40)41)19-26-20-38-30-9-5-4-8-27(26)30/h2-13,16-17,20,31-32,37-38H,14-15,18-19,21H2,1H3/t31-,32-/m0/s1. The highest BCUT2D eigenvalue weighted by molar-refractivity contribution is 6.42. The van der Waals surface area contributed by atoms with Crippen molar-refractivity contribution in [2.45, 2.75) is 31.5 Å². The van der Waals surface area contributed by atoms with Crippen molar-refractivity contribution in [3.8, 4) is 0 Å². The number of nitrogens with zero attached hydrogens (tertiary/aromatic N) is 2. The summed E-state index contributed by atoms with van der Waals surface area (Å²) in [5, 5.41) is 7.67. The molecule has 2 N–H and O–H groups in total. The molecular formula is C34H32Cl2N4O2. The number of rotatable bonds is 8. The number of para-hydroxylation sites is 1. The molecule has 42 heavy (non-hydrogen) atoms. The third-order valence-corrected chi connectivity index (χ3v) is 8.85. The Morgan fingerprint density at radius 3 is 2.55 bits per heavy atom. The first kappa shape index (κ1) is 28.3. The van der Waals surface area contributed by atoms with Crippen molar-refractivity contribution in [2.75, 3.05) is 20.1 Å². The second kappa shape index (κ2) is 12.2. The van der Waals surface area contributed by atoms with Gasteiger partial charge < -0.3 is 20.1 Å². The summed E-state index contributed by atoms with van der Waals surface area (Å²) >= 11 is 12.4. The molecule has 0 radical (unpaired) electrons. The van der Waals surface area contributed by atoms with E-state index in [1.54, 1.807) is 29.0 Å². The van der Waals surface area contributed by atoms with Crippen LogP contribution in [0.25, 0.3) is 21.7 Å². The van der Waals surface area contributed by atoms with E-state index in [-0.39, 0.29) is 11.8 Å². The molecule has 0 unspecified atom stereocenters. The van der Waals surface area contributed by atoms with Crippen LogP contribution in [-0.2, 0) is 29.0 Å². The first-order valence-electron chi connectivity index (χ1n) is 14.1. The first-order chi connectivity index (χ1) is 20.4. The summed E-state index contributed by atoms with van der Waals surface area (Å²) in [6, 6.07) is 26.8. The van der Waals surface area contributed by atoms with E-state index >= 15 is 0 Å². The maximum atomic E-state index is 14.2. The number of amides is 2. The molecule has 0 saturated carbocycles. The van der Waals surface area contributed by atoms with Crippen LogP contribution in [0.1, 0.15) is 16.7 Å². The average molecular weight is 600 g/mol. The topological polar surface area (TPSA) is 68.4 Å². The van der Waals surface area contributed by atoms with Gasteiger partial charge in [-0.05, 0) is 52.1 Å². The van der Waals surface area contributed by atoms with Crippen molar-refractivity contribution >= 4 is 56.7 Å². The smallest absolute Gasteiger partial charge is 0.245 e. The largest absolute Gasteiger partial charge is 0.361 e. The minimum atomic E-state index is -0.654. The predicted octanol–water partition coefficient (Wildman–Crippen LogP) is 6.24. The van der Waals surface area contributed by atoms with E-state index in [0.29, 0.717) is 42.5 Å². The summed E-state index contributed by atoms with van der Waals surface area (Å²) in [5.74, 6) is -0.177. The number of hydrogen-bond acceptors (Lipinski definition) is 3. The molecule has 6 rings (SSSR count). The van der Waals surface area contributed by atoms with E-state index in [9.17, 15) is 9.59 Å². The Balaban J connectivity index is 1.28. The quantitative estimate of drug-likeness (QED) is 0.222. The molecule has 2 heterocycles. The maximum absolute atomic E-state index is 14.2. The zero-order valence-electron chi connectivity index (χ0n) is 23.3. The summed E-state index contributed by atoms with van der Waals surface area (Å²) in [6.45, 7) is 1.41. The van der Waals surface area contributed by atoms with Gasteiger partial charge >= 0.3 is 0 Å². The molecule has 1 aliphatic heterocycles. The van der Waals surface area contributed by atoms with E-state index in [1.807, 2.05) is 42.6 Å². The molecule has 4 aromatic carbocycles. The van der Waals surface area contributed by atoms with Gasteiger partial charge in [-0.25, -0.2) is 0 Å². The Kier molecular flexibility index (Phi) is 8.20. The van der Waals surface area contributed by atoms with Gasteiger partial charge in [0.1, 0.15) is 6.04 Å². The second-order valence-corrected chi connectivity index (χ2v) is 11.8. The number of benzene rings is 4. The molecule has 214 valence electrons. The van der Waals surface area contributed by atoms with Gasteiger partial charge in [-0.2, -0.15) is 0 Å². The van der Waals surface area contributed by atoms with Gasteiger partial charge in [-0.1, -0.05) is 89.9 Å². The van der Waals surface area contributed by atoms with Crippen LogP contribution in [0.2, 0.25) is 10.0 Å². The zero-order chi connectivity index (χ0) is 29.2. The molecule has 1 aliphatic rings. The van der Waals surface area contributed by atoms with Crippen LogP contribution in [0.4, 0.5) is 0 Å². The highest BCUT2D eigenvalue weighted by Crippen LogP contribution is 2.25. The number of halogens is 2. The number of carbonyl (C=O) groups excluding carboxylic acids is 2. The van der Waals surface area contributed by atoms with E-state index in [0.717, 1.165) is 38.4 Å². The highest BCUT2D eigenvalue weighted by Gasteiger charge is 2.38. The number of fused-ring (bicyclic) bond motifs is 2. The van der Waals surface area contributed by atoms with Crippen LogP contribution in [0, 0.1) is 0 Å². The molecule has 2 amide bonds. The van der Waals surface area contributed by atoms with E-state index < -0.39 is 12.1 Å². The van der Waals surface area contributed by atoms with Crippen LogP contribution < -0.4 is 5.32 Å². The minimum Gasteiger partial charge on any atom is -0.361 e. The third kappa shape index (κ3) is 5.88. The summed E-state index contributed by atoms with van der Waals surface area (Å²) < 4.78 is 0. The van der Waals surface area contributed by atoms with Gasteiger partial charge in [-0.15, -0.1) is 0 Å². The summed E-state index contributed by atoms with van der Waals surface area (Å²) in [5.41, 5.74) is 4.00. The number of nitrogens with one attached hydrogen (secondary N) is 2. The molecule has 6 nitrogen and oxygen atoms in total. The highest BCUT2D eigenvalue weighted by atomic mass is 35.5. The summed E-state index contributed by atoms with van der Waals surface area (Å²) in [6.07, 6.45) is 2.93. The lowest BCUT2D eigenvalue weighted by molar-refractivity contribution is -0.148. The Morgan fingerprint density at radius 2 is 1.71 bits per heavy atom. The van der Waals surface area contributed by atoms with Gasteiger partial charge in [0, 0.05) is 50.2 Å². The monoisotopic (exact) mass is 598 g/mol. The number of aromatic nitrogens is 1. The minimum absolute atomic E-state index is 0.0615. The lowest BCUT2D eigenvalue weighted by atomic mass is 9.97. The fourth-order valence-corrected chi connectivity index (χ4v) is 6.23. The van der Waals surface area contributed by atoms with Crippen LogP contribution in [0.5, 0.6) is 0 Å². The van der Waals surface area contributed by atoms with Gasteiger partial charge in [0.15, 0.2) is 0 Å². The Labute approximate surface area is 255 Å². The zero-order valence-corrected chi connectivity index (χ0v) is 24.8. The molecule has 1 aromatic heterocycles. The number of hydrogen-bond donors (Lipinski definition) is 2. The van der Waals surface area contributed by atoms with Crippen molar-refractivity contribution in [3.05, 3.63) is 118 Å². The van der Waals surface area contributed by atoms with Crippen LogP contribution in [0.3, 0.4) is 0 Å². The fourth-order valence-electron chi connectivity index (χ4n) is 5.91. The summed E-state index contributed by atoms with van der Waals surface area (Å²) in [4.78, 5) is 35.0. The molecule has 5 aromatic rings. The van der Waals surface area contributed by atoms with Gasteiger partial charge in [0.2, 0.25) is 11.8 Å². The van der Waals surface area contributed by atoms with E-state index in [1.165, 1.54) is 0 Å². The van der Waals surface area contributed by atoms with Gasteiger partial charge in [-0.3, -0.25) is 9.59 Å². The van der Waals surface area contributed by atoms with Crippen molar-refractivity contribution in [3.63, 3.8) is 0 Å². The normalized spacial score (nSPS) is 16.2. The van der Waals surface area contributed by atoms with Crippen molar-refractivity contribution < 1.29 is 9.59 Å². The predicted molar refractivity (Wildman–Crippen MR) is 170 cm³/mol. The number of piperazine rings is 1. The molecular weight excluding hydrogens is 567 g/mol. The Hall–Kier alpha value is -3.84. The van der Waals surface area contributed by atoms with Gasteiger partial charge in [0.25, 0.3) is 0 Å². The maximum Gasteiger partial charge on any atom is 0.245 e. The molecule has 0 bridgehead atoms. The first-order valence-corrected chi connectivity index (χ1v) is 14.9. The molecule has 0 aliphatic carbocycles. The van der Waals surface area contributed by atoms with Crippen LogP contribution in [0.15, 0.2) is 91.1 Å². The molecule has 2 atom stereocenters. The van der Waals surface area contributed by atoms with Crippen molar-refractivity contribution in [1.82, 2.24) is 20.1 Å². The number of carbonyl (C=O) groups is 2. The van der Waals surface area contributed by atoms with E-state index in [4.69, 9.17) is 23.2 Å². The SMILES string of the molecule is CN(Cc1ccc(Cl)c(Cl)c1)C(=O)[C@H](Cc1ccc2ccccc2c1)N1CCN[C@@H](Cc2c[nH]c3ccccc23)C1=O. The number of H-pyrrole nitrogens is 1. The third-order valence-electron chi connectivity index (χ3n) is 8.11. The van der Waals surface area contributed by atoms with Crippen molar-refractivity contribution in [2.24, 2.45) is 0 Å². The fraction of sp³-hybridized carbons (Fsp3) is 0.235. The van der Waals surface area contributed by atoms with E-state index in [2.05, 4.69) is 46.7 Å². The van der Waals surface area contributed by atoms with Gasteiger partial charge in [0.05, 0.1) is 16.1 Å². The van der Waals surface area contributed by atoms with Crippen LogP contribution >= 0.6 is 23.2 Å². The lowest BCUT2D eigenvalue weighted by Crippen LogP contribution is -2.62. The second-order valence-electron chi connectivity index (χ2n) is 10.9. The molecule has 1 fully saturated rings. The Bertz CT molecular complexity index is 1770. The average Bonchev–Trinajstić information content (AvgIpc) is 3.41. The molecule has 8 heteroatoms. The number of likely N-dealkylation sites (N-methyl/N-ethyl adjacent to an activating group) is 1.